The minimum absolute atomic E-state index is 0.0210. The summed E-state index contributed by atoms with van der Waals surface area (Å²) < 4.78 is 5.28. The van der Waals surface area contributed by atoms with Gasteiger partial charge in [-0.05, 0) is 11.6 Å². The molecule has 0 aliphatic carbocycles. The largest absolute Gasteiger partial charge is 0.476 e. The van der Waals surface area contributed by atoms with Crippen LogP contribution in [-0.2, 0) is 0 Å². The highest BCUT2D eigenvalue weighted by Gasteiger charge is 2.12. The summed E-state index contributed by atoms with van der Waals surface area (Å²) in [4.78, 5) is 18.4. The summed E-state index contributed by atoms with van der Waals surface area (Å²) in [7, 11) is 0. The van der Waals surface area contributed by atoms with E-state index >= 15 is 0 Å². The van der Waals surface area contributed by atoms with Crippen LogP contribution in [-0.4, -0.2) is 27.7 Å². The van der Waals surface area contributed by atoms with E-state index in [9.17, 15) is 4.79 Å². The number of aromatic carboxylic acids is 1. The van der Waals surface area contributed by atoms with E-state index in [1.54, 1.807) is 6.08 Å². The van der Waals surface area contributed by atoms with E-state index < -0.39 is 5.97 Å². The lowest BCUT2D eigenvalue weighted by molar-refractivity contribution is 0.0685. The first kappa shape index (κ1) is 12.8. The number of carbonyl (C=O) groups is 1. The van der Waals surface area contributed by atoms with E-state index in [1.165, 1.54) is 12.4 Å². The van der Waals surface area contributed by atoms with Gasteiger partial charge in [0, 0.05) is 12.4 Å². The SMILES string of the molecule is O=C(O)c1nccnc1OCC=Cc1ccccc1. The minimum atomic E-state index is -1.16. The zero-order valence-electron chi connectivity index (χ0n) is 10.1. The number of aromatic nitrogens is 2. The Hall–Kier alpha value is -2.69. The van der Waals surface area contributed by atoms with Crippen LogP contribution in [0.3, 0.4) is 0 Å². The number of hydrogen-bond donors (Lipinski definition) is 1. The molecule has 0 amide bonds. The van der Waals surface area contributed by atoms with Gasteiger partial charge in [0.2, 0.25) is 11.6 Å². The second kappa shape index (κ2) is 6.30. The zero-order chi connectivity index (χ0) is 13.5. The van der Waals surface area contributed by atoms with Crippen LogP contribution >= 0.6 is 0 Å². The molecule has 0 aliphatic heterocycles. The van der Waals surface area contributed by atoms with Crippen LogP contribution in [0.2, 0.25) is 0 Å². The number of benzene rings is 1. The fraction of sp³-hybridized carbons (Fsp3) is 0.0714. The first-order valence-electron chi connectivity index (χ1n) is 5.66. The maximum absolute atomic E-state index is 10.9. The van der Waals surface area contributed by atoms with Crippen molar-refractivity contribution in [2.75, 3.05) is 6.61 Å². The van der Waals surface area contributed by atoms with Crippen LogP contribution in [0, 0.1) is 0 Å². The average Bonchev–Trinajstić information content (AvgIpc) is 2.45. The summed E-state index contributed by atoms with van der Waals surface area (Å²) >= 11 is 0. The van der Waals surface area contributed by atoms with Crippen LogP contribution in [0.5, 0.6) is 5.88 Å². The minimum Gasteiger partial charge on any atom is -0.476 e. The smallest absolute Gasteiger partial charge is 0.360 e. The fourth-order valence-electron chi connectivity index (χ4n) is 1.45. The predicted octanol–water partition coefficient (Wildman–Crippen LogP) is 2.27. The molecule has 1 heterocycles. The molecule has 2 rings (SSSR count). The number of carboxylic acid groups (broad SMARTS) is 1. The van der Waals surface area contributed by atoms with Crippen molar-refractivity contribution < 1.29 is 14.6 Å². The molecule has 0 saturated heterocycles. The summed E-state index contributed by atoms with van der Waals surface area (Å²) in [5.74, 6) is -1.14. The molecule has 0 fully saturated rings. The van der Waals surface area contributed by atoms with Gasteiger partial charge >= 0.3 is 5.97 Å². The molecular weight excluding hydrogens is 244 g/mol. The lowest BCUT2D eigenvalue weighted by atomic mass is 10.2. The number of rotatable bonds is 5. The highest BCUT2D eigenvalue weighted by atomic mass is 16.5. The molecule has 2 aromatic rings. The topological polar surface area (TPSA) is 72.3 Å². The van der Waals surface area contributed by atoms with Crippen LogP contribution in [0.4, 0.5) is 0 Å². The Bertz CT molecular complexity index is 582. The van der Waals surface area contributed by atoms with Crippen LogP contribution in [0.15, 0.2) is 48.8 Å². The first-order valence-corrected chi connectivity index (χ1v) is 5.66. The van der Waals surface area contributed by atoms with Gasteiger partial charge < -0.3 is 9.84 Å². The van der Waals surface area contributed by atoms with Gasteiger partial charge in [-0.2, -0.15) is 0 Å². The molecule has 1 aromatic heterocycles. The highest BCUT2D eigenvalue weighted by Crippen LogP contribution is 2.11. The predicted molar refractivity (Wildman–Crippen MR) is 70.0 cm³/mol. The normalized spacial score (nSPS) is 10.5. The maximum Gasteiger partial charge on any atom is 0.360 e. The quantitative estimate of drug-likeness (QED) is 0.888. The molecule has 0 saturated carbocycles. The monoisotopic (exact) mass is 256 g/mol. The number of ether oxygens (including phenoxy) is 1. The van der Waals surface area contributed by atoms with E-state index in [0.29, 0.717) is 0 Å². The standard InChI is InChI=1S/C14H12N2O3/c17-14(18)12-13(16-9-8-15-12)19-10-4-7-11-5-2-1-3-6-11/h1-9H,10H2,(H,17,18). The Balaban J connectivity index is 1.96. The van der Waals surface area contributed by atoms with Crippen molar-refractivity contribution in [1.82, 2.24) is 9.97 Å². The molecule has 5 heteroatoms. The molecule has 0 atom stereocenters. The van der Waals surface area contributed by atoms with Crippen LogP contribution in [0.1, 0.15) is 16.1 Å². The molecule has 0 aliphatic rings. The summed E-state index contributed by atoms with van der Waals surface area (Å²) in [5, 5.41) is 8.90. The Labute approximate surface area is 110 Å². The molecular formula is C14H12N2O3. The third kappa shape index (κ3) is 3.64. The molecule has 0 unspecified atom stereocenters. The third-order valence-corrected chi connectivity index (χ3v) is 2.29. The lowest BCUT2D eigenvalue weighted by Gasteiger charge is -2.03. The summed E-state index contributed by atoms with van der Waals surface area (Å²) in [6, 6.07) is 9.73. The molecule has 0 spiro atoms. The van der Waals surface area contributed by atoms with Crippen molar-refractivity contribution in [1.29, 1.82) is 0 Å². The second-order valence-corrected chi connectivity index (χ2v) is 3.64. The molecule has 96 valence electrons. The number of nitrogens with zero attached hydrogens (tertiary/aromatic N) is 2. The van der Waals surface area contributed by atoms with Crippen molar-refractivity contribution in [2.45, 2.75) is 0 Å². The van der Waals surface area contributed by atoms with E-state index in [2.05, 4.69) is 9.97 Å². The van der Waals surface area contributed by atoms with Gasteiger partial charge in [-0.25, -0.2) is 14.8 Å². The molecule has 19 heavy (non-hydrogen) atoms. The average molecular weight is 256 g/mol. The molecule has 1 N–H and O–H groups in total. The summed E-state index contributed by atoms with van der Waals surface area (Å²) in [5.41, 5.74) is 0.860. The van der Waals surface area contributed by atoms with Crippen molar-refractivity contribution in [3.63, 3.8) is 0 Å². The van der Waals surface area contributed by atoms with Crippen LogP contribution in [0.25, 0.3) is 6.08 Å². The van der Waals surface area contributed by atoms with E-state index in [4.69, 9.17) is 9.84 Å². The van der Waals surface area contributed by atoms with E-state index in [1.807, 2.05) is 36.4 Å². The molecule has 0 bridgehead atoms. The van der Waals surface area contributed by atoms with Crippen molar-refractivity contribution in [3.05, 3.63) is 60.1 Å². The van der Waals surface area contributed by atoms with Crippen molar-refractivity contribution in [3.8, 4) is 5.88 Å². The highest BCUT2D eigenvalue weighted by molar-refractivity contribution is 5.87. The second-order valence-electron chi connectivity index (χ2n) is 3.64. The summed E-state index contributed by atoms with van der Waals surface area (Å²) in [6.45, 7) is 0.230. The van der Waals surface area contributed by atoms with Gasteiger partial charge in [0.15, 0.2) is 0 Å². The lowest BCUT2D eigenvalue weighted by Crippen LogP contribution is -2.07. The Morgan fingerprint density at radius 1 is 1.21 bits per heavy atom. The zero-order valence-corrected chi connectivity index (χ0v) is 10.1. The van der Waals surface area contributed by atoms with Gasteiger partial charge in [-0.1, -0.05) is 36.4 Å². The van der Waals surface area contributed by atoms with Gasteiger partial charge in [-0.15, -0.1) is 0 Å². The van der Waals surface area contributed by atoms with Crippen molar-refractivity contribution >= 4 is 12.0 Å². The maximum atomic E-state index is 10.9. The van der Waals surface area contributed by atoms with E-state index in [0.717, 1.165) is 5.56 Å². The Kier molecular flexibility index (Phi) is 4.23. The Morgan fingerprint density at radius 3 is 2.68 bits per heavy atom. The first-order chi connectivity index (χ1) is 9.27. The van der Waals surface area contributed by atoms with Crippen molar-refractivity contribution in [2.24, 2.45) is 0 Å². The fourth-order valence-corrected chi connectivity index (χ4v) is 1.45. The number of carboxylic acids is 1. The molecule has 1 aromatic carbocycles. The van der Waals surface area contributed by atoms with Gasteiger partial charge in [-0.3, -0.25) is 0 Å². The van der Waals surface area contributed by atoms with Crippen LogP contribution < -0.4 is 4.74 Å². The summed E-state index contributed by atoms with van der Waals surface area (Å²) in [6.07, 6.45) is 6.38. The Morgan fingerprint density at radius 2 is 1.95 bits per heavy atom. The molecule has 0 radical (unpaired) electrons. The van der Waals surface area contributed by atoms with Gasteiger partial charge in [0.25, 0.3) is 0 Å². The van der Waals surface area contributed by atoms with Gasteiger partial charge in [0.1, 0.15) is 6.61 Å². The van der Waals surface area contributed by atoms with Gasteiger partial charge in [0.05, 0.1) is 0 Å². The van der Waals surface area contributed by atoms with E-state index in [-0.39, 0.29) is 18.2 Å². The third-order valence-electron chi connectivity index (χ3n) is 2.29. The molecule has 5 nitrogen and oxygen atoms in total. The number of hydrogen-bond acceptors (Lipinski definition) is 4.